The molecule has 0 saturated carbocycles. The molecule has 0 spiro atoms. The van der Waals surface area contributed by atoms with Crippen LogP contribution in [0.1, 0.15) is 51.4 Å². The summed E-state index contributed by atoms with van der Waals surface area (Å²) in [5.41, 5.74) is 5.76. The number of carbonyl (C=O) groups excluding carboxylic acids is 2. The summed E-state index contributed by atoms with van der Waals surface area (Å²) >= 11 is 0. The molecule has 2 heterocycles. The molecule has 0 aromatic rings. The Morgan fingerprint density at radius 1 is 1.10 bits per heavy atom. The largest absolute Gasteiger partial charge is 0.337 e. The van der Waals surface area contributed by atoms with Crippen LogP contribution in [0.2, 0.25) is 0 Å². The number of hydrogen-bond donors (Lipinski definition) is 1. The van der Waals surface area contributed by atoms with Gasteiger partial charge in [-0.15, -0.1) is 12.4 Å². The van der Waals surface area contributed by atoms with Gasteiger partial charge in [-0.2, -0.15) is 0 Å². The van der Waals surface area contributed by atoms with Crippen LogP contribution >= 0.6 is 12.4 Å². The highest BCUT2D eigenvalue weighted by Crippen LogP contribution is 2.17. The third-order valence-corrected chi connectivity index (χ3v) is 4.47. The van der Waals surface area contributed by atoms with E-state index >= 15 is 0 Å². The van der Waals surface area contributed by atoms with Crippen molar-refractivity contribution in [2.75, 3.05) is 26.2 Å². The molecule has 1 atom stereocenters. The van der Waals surface area contributed by atoms with Crippen LogP contribution < -0.4 is 5.73 Å². The van der Waals surface area contributed by atoms with Crippen LogP contribution in [-0.2, 0) is 9.59 Å². The van der Waals surface area contributed by atoms with Crippen LogP contribution in [0.5, 0.6) is 0 Å². The van der Waals surface area contributed by atoms with Crippen molar-refractivity contribution in [3.05, 3.63) is 0 Å². The Morgan fingerprint density at radius 3 is 2.57 bits per heavy atom. The standard InChI is InChI=1S/C15H27N3O2.ClH/c16-11-13-7-4-6-10-18(13)15(20)12-17-9-5-2-1-3-8-14(17)19;/h13H,1-12,16H2;1H. The van der Waals surface area contributed by atoms with Gasteiger partial charge in [-0.25, -0.2) is 0 Å². The third-order valence-electron chi connectivity index (χ3n) is 4.47. The van der Waals surface area contributed by atoms with E-state index in [9.17, 15) is 9.59 Å². The highest BCUT2D eigenvalue weighted by atomic mass is 35.5. The normalized spacial score (nSPS) is 24.0. The summed E-state index contributed by atoms with van der Waals surface area (Å²) in [6.45, 7) is 2.30. The molecular formula is C15H28ClN3O2. The molecule has 0 radical (unpaired) electrons. The first-order valence-electron chi connectivity index (χ1n) is 7.99. The van der Waals surface area contributed by atoms with Crippen molar-refractivity contribution < 1.29 is 9.59 Å². The van der Waals surface area contributed by atoms with Crippen molar-refractivity contribution in [3.8, 4) is 0 Å². The summed E-state index contributed by atoms with van der Waals surface area (Å²) in [5.74, 6) is 0.216. The van der Waals surface area contributed by atoms with Gasteiger partial charge in [0.25, 0.3) is 0 Å². The fraction of sp³-hybridized carbons (Fsp3) is 0.867. The summed E-state index contributed by atoms with van der Waals surface area (Å²) in [7, 11) is 0. The second-order valence-electron chi connectivity index (χ2n) is 5.95. The molecule has 0 aliphatic carbocycles. The van der Waals surface area contributed by atoms with Crippen molar-refractivity contribution in [3.63, 3.8) is 0 Å². The summed E-state index contributed by atoms with van der Waals surface area (Å²) < 4.78 is 0. The number of amides is 2. The zero-order chi connectivity index (χ0) is 14.4. The minimum atomic E-state index is 0. The molecule has 2 rings (SSSR count). The van der Waals surface area contributed by atoms with E-state index in [1.54, 1.807) is 4.90 Å². The van der Waals surface area contributed by atoms with Crippen LogP contribution in [0, 0.1) is 0 Å². The molecule has 0 bridgehead atoms. The Balaban J connectivity index is 0.00000220. The Kier molecular flexibility index (Phi) is 8.04. The topological polar surface area (TPSA) is 66.6 Å². The molecule has 6 heteroatoms. The monoisotopic (exact) mass is 317 g/mol. The van der Waals surface area contributed by atoms with Crippen molar-refractivity contribution in [1.82, 2.24) is 9.80 Å². The maximum absolute atomic E-state index is 12.5. The zero-order valence-electron chi connectivity index (χ0n) is 12.8. The van der Waals surface area contributed by atoms with Gasteiger partial charge < -0.3 is 15.5 Å². The first-order chi connectivity index (χ1) is 9.72. The van der Waals surface area contributed by atoms with Gasteiger partial charge in [0, 0.05) is 32.1 Å². The van der Waals surface area contributed by atoms with E-state index in [0.717, 1.165) is 58.0 Å². The van der Waals surface area contributed by atoms with Gasteiger partial charge in [0.1, 0.15) is 0 Å². The van der Waals surface area contributed by atoms with Gasteiger partial charge in [0.15, 0.2) is 0 Å². The number of likely N-dealkylation sites (tertiary alicyclic amines) is 2. The number of halogens is 1. The molecule has 2 fully saturated rings. The lowest BCUT2D eigenvalue weighted by Crippen LogP contribution is -2.51. The van der Waals surface area contributed by atoms with Gasteiger partial charge in [-0.05, 0) is 32.1 Å². The maximum Gasteiger partial charge on any atom is 0.242 e. The lowest BCUT2D eigenvalue weighted by atomic mass is 10.0. The minimum absolute atomic E-state index is 0. The first kappa shape index (κ1) is 18.2. The molecule has 122 valence electrons. The fourth-order valence-corrected chi connectivity index (χ4v) is 3.21. The zero-order valence-corrected chi connectivity index (χ0v) is 13.6. The Labute approximate surface area is 133 Å². The minimum Gasteiger partial charge on any atom is -0.337 e. The van der Waals surface area contributed by atoms with Gasteiger partial charge in [-0.3, -0.25) is 9.59 Å². The average molecular weight is 318 g/mol. The van der Waals surface area contributed by atoms with E-state index in [1.165, 1.54) is 0 Å². The second kappa shape index (κ2) is 9.26. The van der Waals surface area contributed by atoms with Crippen LogP contribution in [0.3, 0.4) is 0 Å². The summed E-state index contributed by atoms with van der Waals surface area (Å²) in [6, 6.07) is 0.168. The number of hydrogen-bond acceptors (Lipinski definition) is 3. The van der Waals surface area contributed by atoms with Crippen LogP contribution in [0.25, 0.3) is 0 Å². The van der Waals surface area contributed by atoms with Crippen LogP contribution in [-0.4, -0.2) is 53.8 Å². The smallest absolute Gasteiger partial charge is 0.242 e. The number of rotatable bonds is 3. The molecule has 5 nitrogen and oxygen atoms in total. The Hall–Kier alpha value is -0.810. The quantitative estimate of drug-likeness (QED) is 0.858. The number of carbonyl (C=O) groups is 2. The lowest BCUT2D eigenvalue weighted by Gasteiger charge is -2.36. The highest BCUT2D eigenvalue weighted by molar-refractivity contribution is 5.85. The molecule has 0 aromatic carbocycles. The van der Waals surface area contributed by atoms with Crippen LogP contribution in [0.4, 0.5) is 0 Å². The number of piperidine rings is 1. The van der Waals surface area contributed by atoms with Crippen molar-refractivity contribution >= 4 is 24.2 Å². The van der Waals surface area contributed by atoms with Crippen molar-refractivity contribution in [1.29, 1.82) is 0 Å². The SMILES string of the molecule is Cl.NCC1CCCCN1C(=O)CN1CCCCCCC1=O. The van der Waals surface area contributed by atoms with E-state index in [1.807, 2.05) is 4.90 Å². The molecule has 1 unspecified atom stereocenters. The lowest BCUT2D eigenvalue weighted by molar-refractivity contribution is -0.143. The van der Waals surface area contributed by atoms with E-state index in [0.29, 0.717) is 13.0 Å². The number of nitrogens with zero attached hydrogens (tertiary/aromatic N) is 2. The van der Waals surface area contributed by atoms with E-state index in [4.69, 9.17) is 5.73 Å². The Morgan fingerprint density at radius 2 is 1.81 bits per heavy atom. The van der Waals surface area contributed by atoms with Gasteiger partial charge in [0.2, 0.25) is 11.8 Å². The van der Waals surface area contributed by atoms with Gasteiger partial charge >= 0.3 is 0 Å². The third kappa shape index (κ3) is 5.15. The average Bonchev–Trinajstić information content (AvgIpc) is 2.46. The molecule has 2 aliphatic heterocycles. The number of nitrogens with two attached hydrogens (primary N) is 1. The predicted octanol–water partition coefficient (Wildman–Crippen LogP) is 1.54. The molecular weight excluding hydrogens is 290 g/mol. The van der Waals surface area contributed by atoms with E-state index < -0.39 is 0 Å². The van der Waals surface area contributed by atoms with Gasteiger partial charge in [0.05, 0.1) is 6.54 Å². The molecule has 2 saturated heterocycles. The molecule has 2 N–H and O–H groups in total. The van der Waals surface area contributed by atoms with E-state index in [2.05, 4.69) is 0 Å². The summed E-state index contributed by atoms with van der Waals surface area (Å²) in [5, 5.41) is 0. The maximum atomic E-state index is 12.5. The fourth-order valence-electron chi connectivity index (χ4n) is 3.21. The van der Waals surface area contributed by atoms with Crippen molar-refractivity contribution in [2.45, 2.75) is 57.4 Å². The summed E-state index contributed by atoms with van der Waals surface area (Å²) in [6.07, 6.45) is 8.05. The first-order valence-corrected chi connectivity index (χ1v) is 7.99. The Bertz CT molecular complexity index is 352. The molecule has 2 aliphatic rings. The predicted molar refractivity (Wildman–Crippen MR) is 85.3 cm³/mol. The van der Waals surface area contributed by atoms with Crippen LogP contribution in [0.15, 0.2) is 0 Å². The second-order valence-corrected chi connectivity index (χ2v) is 5.95. The molecule has 0 aromatic heterocycles. The van der Waals surface area contributed by atoms with Gasteiger partial charge in [-0.1, -0.05) is 12.8 Å². The van der Waals surface area contributed by atoms with Crippen molar-refractivity contribution in [2.24, 2.45) is 5.73 Å². The highest BCUT2D eigenvalue weighted by Gasteiger charge is 2.28. The summed E-state index contributed by atoms with van der Waals surface area (Å²) in [4.78, 5) is 28.2. The van der Waals surface area contributed by atoms with E-state index in [-0.39, 0.29) is 36.8 Å². The molecule has 2 amide bonds. The molecule has 21 heavy (non-hydrogen) atoms.